The minimum absolute atomic E-state index is 0.175. The summed E-state index contributed by atoms with van der Waals surface area (Å²) in [7, 11) is 1.37. The Morgan fingerprint density at radius 3 is 2.75 bits per heavy atom. The number of rotatable bonds is 4. The number of nitrogens with zero attached hydrogens (tertiary/aromatic N) is 2. The number of esters is 1. The molecular formula is C21H27N3O4. The fourth-order valence-corrected chi connectivity index (χ4v) is 3.51. The van der Waals surface area contributed by atoms with Gasteiger partial charge in [-0.1, -0.05) is 18.2 Å². The van der Waals surface area contributed by atoms with Crippen molar-refractivity contribution < 1.29 is 19.1 Å². The molecule has 28 heavy (non-hydrogen) atoms. The molecule has 1 heterocycles. The monoisotopic (exact) mass is 385 g/mol. The van der Waals surface area contributed by atoms with Crippen molar-refractivity contribution in [3.63, 3.8) is 0 Å². The third-order valence-corrected chi connectivity index (χ3v) is 4.66. The van der Waals surface area contributed by atoms with Gasteiger partial charge in [-0.3, -0.25) is 4.68 Å². The number of ether oxygens (including phenoxy) is 2. The van der Waals surface area contributed by atoms with Crippen molar-refractivity contribution >= 4 is 12.1 Å². The van der Waals surface area contributed by atoms with E-state index < -0.39 is 11.7 Å². The van der Waals surface area contributed by atoms with Crippen molar-refractivity contribution in [1.29, 1.82) is 0 Å². The van der Waals surface area contributed by atoms with E-state index in [1.54, 1.807) is 12.1 Å². The molecule has 0 bridgehead atoms. The summed E-state index contributed by atoms with van der Waals surface area (Å²) >= 11 is 0. The Morgan fingerprint density at radius 1 is 1.29 bits per heavy atom. The third-order valence-electron chi connectivity index (χ3n) is 4.66. The summed E-state index contributed by atoms with van der Waals surface area (Å²) in [5.41, 5.74) is 2.87. The van der Waals surface area contributed by atoms with Crippen LogP contribution >= 0.6 is 0 Å². The predicted octanol–water partition coefficient (Wildman–Crippen LogP) is 3.62. The van der Waals surface area contributed by atoms with Crippen LogP contribution in [0.25, 0.3) is 0 Å². The van der Waals surface area contributed by atoms with E-state index in [9.17, 15) is 9.59 Å². The lowest BCUT2D eigenvalue weighted by atomic mass is 9.93. The minimum Gasteiger partial charge on any atom is -0.465 e. The van der Waals surface area contributed by atoms with Gasteiger partial charge in [-0.05, 0) is 57.2 Å². The Kier molecular flexibility index (Phi) is 5.72. The van der Waals surface area contributed by atoms with Crippen molar-refractivity contribution in [3.05, 3.63) is 52.8 Å². The van der Waals surface area contributed by atoms with E-state index in [1.807, 2.05) is 43.8 Å². The quantitative estimate of drug-likeness (QED) is 0.813. The summed E-state index contributed by atoms with van der Waals surface area (Å²) in [5.74, 6) is -0.375. The number of nitrogens with one attached hydrogen (secondary N) is 1. The zero-order valence-corrected chi connectivity index (χ0v) is 16.8. The summed E-state index contributed by atoms with van der Waals surface area (Å²) < 4.78 is 12.2. The molecule has 150 valence electrons. The third kappa shape index (κ3) is 4.52. The zero-order chi connectivity index (χ0) is 20.3. The zero-order valence-electron chi connectivity index (χ0n) is 16.8. The first-order valence-corrected chi connectivity index (χ1v) is 9.49. The molecule has 0 fully saturated rings. The summed E-state index contributed by atoms with van der Waals surface area (Å²) in [4.78, 5) is 24.4. The highest BCUT2D eigenvalue weighted by Gasteiger charge is 2.28. The SMILES string of the molecule is COC(=O)c1ccccc1Cn1ncc2c1C(NC(=O)OC(C)(C)C)CCC2. The Bertz CT molecular complexity index is 867. The molecule has 2 aromatic rings. The van der Waals surface area contributed by atoms with Gasteiger partial charge in [0, 0.05) is 0 Å². The smallest absolute Gasteiger partial charge is 0.408 e. The number of aromatic nitrogens is 2. The summed E-state index contributed by atoms with van der Waals surface area (Å²) in [5, 5.41) is 7.50. The maximum absolute atomic E-state index is 12.3. The van der Waals surface area contributed by atoms with Crippen molar-refractivity contribution in [2.75, 3.05) is 7.11 Å². The van der Waals surface area contributed by atoms with Crippen LogP contribution in [0.4, 0.5) is 4.79 Å². The van der Waals surface area contributed by atoms with Gasteiger partial charge in [-0.25, -0.2) is 9.59 Å². The molecule has 1 aromatic carbocycles. The van der Waals surface area contributed by atoms with Crippen LogP contribution in [-0.2, 0) is 22.4 Å². The van der Waals surface area contributed by atoms with Gasteiger partial charge in [0.05, 0.1) is 37.2 Å². The van der Waals surface area contributed by atoms with E-state index in [-0.39, 0.29) is 12.0 Å². The van der Waals surface area contributed by atoms with E-state index in [0.29, 0.717) is 12.1 Å². The molecule has 1 unspecified atom stereocenters. The molecule has 0 radical (unpaired) electrons. The van der Waals surface area contributed by atoms with Crippen LogP contribution in [0.3, 0.4) is 0 Å². The molecule has 0 spiro atoms. The molecule has 0 saturated heterocycles. The second-order valence-corrected chi connectivity index (χ2v) is 7.95. The predicted molar refractivity (Wildman–Crippen MR) is 104 cm³/mol. The number of hydrogen-bond acceptors (Lipinski definition) is 5. The lowest BCUT2D eigenvalue weighted by Gasteiger charge is -2.27. The molecule has 7 nitrogen and oxygen atoms in total. The number of carbonyl (C=O) groups is 2. The molecular weight excluding hydrogens is 358 g/mol. The number of fused-ring (bicyclic) bond motifs is 1. The first-order chi connectivity index (χ1) is 13.3. The van der Waals surface area contributed by atoms with Gasteiger partial charge < -0.3 is 14.8 Å². The van der Waals surface area contributed by atoms with Crippen LogP contribution in [0.15, 0.2) is 30.5 Å². The molecule has 0 aliphatic heterocycles. The lowest BCUT2D eigenvalue weighted by Crippen LogP contribution is -2.37. The van der Waals surface area contributed by atoms with Crippen LogP contribution in [-0.4, -0.2) is 34.6 Å². The highest BCUT2D eigenvalue weighted by atomic mass is 16.6. The number of amides is 1. The minimum atomic E-state index is -0.554. The first kappa shape index (κ1) is 19.9. The Morgan fingerprint density at radius 2 is 2.04 bits per heavy atom. The number of aryl methyl sites for hydroxylation is 1. The standard InChI is InChI=1S/C21H27N3O4/c1-21(2,3)28-20(26)23-17-11-7-9-14-12-22-24(18(14)17)13-15-8-5-6-10-16(15)19(25)27-4/h5-6,8,10,12,17H,7,9,11,13H2,1-4H3,(H,23,26). The van der Waals surface area contributed by atoms with E-state index >= 15 is 0 Å². The molecule has 1 atom stereocenters. The molecule has 1 aliphatic carbocycles. The molecule has 1 aromatic heterocycles. The van der Waals surface area contributed by atoms with Crippen molar-refractivity contribution in [1.82, 2.24) is 15.1 Å². The van der Waals surface area contributed by atoms with Crippen LogP contribution in [0.2, 0.25) is 0 Å². The van der Waals surface area contributed by atoms with Gasteiger partial charge in [-0.2, -0.15) is 5.10 Å². The Labute approximate surface area is 165 Å². The Hall–Kier alpha value is -2.83. The second-order valence-electron chi connectivity index (χ2n) is 7.95. The van der Waals surface area contributed by atoms with Gasteiger partial charge in [0.25, 0.3) is 0 Å². The van der Waals surface area contributed by atoms with Gasteiger partial charge in [0.1, 0.15) is 5.60 Å². The molecule has 0 saturated carbocycles. The van der Waals surface area contributed by atoms with Crippen LogP contribution in [0, 0.1) is 0 Å². The van der Waals surface area contributed by atoms with E-state index in [1.165, 1.54) is 7.11 Å². The molecule has 1 amide bonds. The van der Waals surface area contributed by atoms with E-state index in [0.717, 1.165) is 36.1 Å². The summed E-state index contributed by atoms with van der Waals surface area (Å²) in [6.07, 6.45) is 4.11. The molecule has 7 heteroatoms. The Balaban J connectivity index is 1.86. The van der Waals surface area contributed by atoms with Gasteiger partial charge in [-0.15, -0.1) is 0 Å². The summed E-state index contributed by atoms with van der Waals surface area (Å²) in [6, 6.07) is 7.15. The van der Waals surface area contributed by atoms with Gasteiger partial charge in [0.15, 0.2) is 0 Å². The number of alkyl carbamates (subject to hydrolysis) is 1. The highest BCUT2D eigenvalue weighted by molar-refractivity contribution is 5.90. The first-order valence-electron chi connectivity index (χ1n) is 9.49. The van der Waals surface area contributed by atoms with Gasteiger partial charge >= 0.3 is 12.1 Å². The number of carbonyl (C=O) groups excluding carboxylic acids is 2. The lowest BCUT2D eigenvalue weighted by molar-refractivity contribution is 0.0495. The fourth-order valence-electron chi connectivity index (χ4n) is 3.51. The van der Waals surface area contributed by atoms with Crippen LogP contribution in [0.5, 0.6) is 0 Å². The summed E-state index contributed by atoms with van der Waals surface area (Å²) in [6.45, 7) is 5.94. The number of hydrogen-bond donors (Lipinski definition) is 1. The molecule has 3 rings (SSSR count). The average molecular weight is 385 g/mol. The largest absolute Gasteiger partial charge is 0.465 e. The molecule has 1 aliphatic rings. The van der Waals surface area contributed by atoms with E-state index in [4.69, 9.17) is 9.47 Å². The average Bonchev–Trinajstić information content (AvgIpc) is 3.04. The number of methoxy groups -OCH3 is 1. The van der Waals surface area contributed by atoms with Gasteiger partial charge in [0.2, 0.25) is 0 Å². The van der Waals surface area contributed by atoms with Crippen LogP contribution < -0.4 is 5.32 Å². The normalized spacial score (nSPS) is 16.2. The maximum atomic E-state index is 12.3. The maximum Gasteiger partial charge on any atom is 0.408 e. The van der Waals surface area contributed by atoms with E-state index in [2.05, 4.69) is 10.4 Å². The van der Waals surface area contributed by atoms with Crippen LogP contribution in [0.1, 0.15) is 66.8 Å². The van der Waals surface area contributed by atoms with Crippen molar-refractivity contribution in [2.24, 2.45) is 0 Å². The second kappa shape index (κ2) is 8.04. The number of benzene rings is 1. The van der Waals surface area contributed by atoms with Crippen molar-refractivity contribution in [3.8, 4) is 0 Å². The van der Waals surface area contributed by atoms with Crippen molar-refractivity contribution in [2.45, 2.75) is 58.2 Å². The highest BCUT2D eigenvalue weighted by Crippen LogP contribution is 2.30. The molecule has 1 N–H and O–H groups in total. The topological polar surface area (TPSA) is 82.5 Å². The fraction of sp³-hybridized carbons (Fsp3) is 0.476.